The third-order valence-electron chi connectivity index (χ3n) is 3.44. The van der Waals surface area contributed by atoms with Crippen LogP contribution in [0.2, 0.25) is 5.02 Å². The normalized spacial score (nSPS) is 10.4. The SMILES string of the molecule is Cc1ccccc1NC(=O)c1cccnc1Sc1ccc(Cl)cc1. The van der Waals surface area contributed by atoms with Crippen LogP contribution >= 0.6 is 23.4 Å². The van der Waals surface area contributed by atoms with Crippen LogP contribution in [-0.4, -0.2) is 10.9 Å². The first kappa shape index (κ1) is 16.6. The largest absolute Gasteiger partial charge is 0.322 e. The molecule has 0 atom stereocenters. The maximum atomic E-state index is 12.6. The number of carbonyl (C=O) groups is 1. The number of aromatic nitrogens is 1. The molecule has 3 aromatic rings. The quantitative estimate of drug-likeness (QED) is 0.677. The van der Waals surface area contributed by atoms with E-state index in [1.165, 1.54) is 11.8 Å². The average Bonchev–Trinajstić information content (AvgIpc) is 2.59. The molecule has 0 bridgehead atoms. The highest BCUT2D eigenvalue weighted by molar-refractivity contribution is 7.99. The lowest BCUT2D eigenvalue weighted by Gasteiger charge is -2.10. The molecule has 2 aromatic carbocycles. The van der Waals surface area contributed by atoms with Crippen molar-refractivity contribution in [2.45, 2.75) is 16.8 Å². The number of halogens is 1. The van der Waals surface area contributed by atoms with Gasteiger partial charge in [0.05, 0.1) is 5.56 Å². The van der Waals surface area contributed by atoms with Crippen LogP contribution in [0.25, 0.3) is 0 Å². The number of para-hydroxylation sites is 1. The Bertz CT molecular complexity index is 865. The molecule has 1 N–H and O–H groups in total. The van der Waals surface area contributed by atoms with Gasteiger partial charge in [-0.05, 0) is 55.0 Å². The number of anilines is 1. The highest BCUT2D eigenvalue weighted by Crippen LogP contribution is 2.30. The summed E-state index contributed by atoms with van der Waals surface area (Å²) >= 11 is 7.35. The molecule has 1 aromatic heterocycles. The van der Waals surface area contributed by atoms with Crippen molar-refractivity contribution in [3.05, 3.63) is 83.0 Å². The Hall–Kier alpha value is -2.30. The molecule has 0 unspecified atom stereocenters. The van der Waals surface area contributed by atoms with Crippen LogP contribution < -0.4 is 5.32 Å². The van der Waals surface area contributed by atoms with E-state index < -0.39 is 0 Å². The molecule has 24 heavy (non-hydrogen) atoms. The number of nitrogens with zero attached hydrogens (tertiary/aromatic N) is 1. The lowest BCUT2D eigenvalue weighted by atomic mass is 10.2. The fraction of sp³-hybridized carbons (Fsp3) is 0.0526. The van der Waals surface area contributed by atoms with Crippen molar-refractivity contribution in [2.24, 2.45) is 0 Å². The number of amides is 1. The van der Waals surface area contributed by atoms with Crippen LogP contribution in [0.3, 0.4) is 0 Å². The lowest BCUT2D eigenvalue weighted by Crippen LogP contribution is -2.14. The zero-order valence-corrected chi connectivity index (χ0v) is 14.6. The van der Waals surface area contributed by atoms with Gasteiger partial charge in [0.15, 0.2) is 0 Å². The third kappa shape index (κ3) is 3.96. The molecule has 0 aliphatic carbocycles. The Morgan fingerprint density at radius 1 is 1.04 bits per heavy atom. The van der Waals surface area contributed by atoms with E-state index in [0.717, 1.165) is 16.1 Å². The summed E-state index contributed by atoms with van der Waals surface area (Å²) in [6.45, 7) is 1.96. The van der Waals surface area contributed by atoms with E-state index in [1.807, 2.05) is 55.5 Å². The van der Waals surface area contributed by atoms with Gasteiger partial charge in [0.2, 0.25) is 0 Å². The summed E-state index contributed by atoms with van der Waals surface area (Å²) in [5.74, 6) is -0.172. The van der Waals surface area contributed by atoms with Crippen molar-refractivity contribution in [3.8, 4) is 0 Å². The lowest BCUT2D eigenvalue weighted by molar-refractivity contribution is 0.102. The highest BCUT2D eigenvalue weighted by Gasteiger charge is 2.14. The summed E-state index contributed by atoms with van der Waals surface area (Å²) in [6.07, 6.45) is 1.68. The van der Waals surface area contributed by atoms with Gasteiger partial charge < -0.3 is 5.32 Å². The van der Waals surface area contributed by atoms with E-state index in [-0.39, 0.29) is 5.91 Å². The van der Waals surface area contributed by atoms with Crippen molar-refractivity contribution >= 4 is 35.0 Å². The van der Waals surface area contributed by atoms with E-state index in [4.69, 9.17) is 11.6 Å². The highest BCUT2D eigenvalue weighted by atomic mass is 35.5. The van der Waals surface area contributed by atoms with Crippen LogP contribution in [0, 0.1) is 6.92 Å². The Balaban J connectivity index is 1.84. The maximum absolute atomic E-state index is 12.6. The van der Waals surface area contributed by atoms with Crippen molar-refractivity contribution < 1.29 is 4.79 Å². The van der Waals surface area contributed by atoms with Gasteiger partial charge in [-0.3, -0.25) is 4.79 Å². The minimum atomic E-state index is -0.172. The fourth-order valence-electron chi connectivity index (χ4n) is 2.16. The third-order valence-corrected chi connectivity index (χ3v) is 4.72. The van der Waals surface area contributed by atoms with Gasteiger partial charge in [-0.1, -0.05) is 41.6 Å². The van der Waals surface area contributed by atoms with Crippen molar-refractivity contribution in [3.63, 3.8) is 0 Å². The number of hydrogen-bond acceptors (Lipinski definition) is 3. The van der Waals surface area contributed by atoms with Gasteiger partial charge in [-0.15, -0.1) is 0 Å². The van der Waals surface area contributed by atoms with Gasteiger partial charge in [0, 0.05) is 21.8 Å². The molecule has 1 amide bonds. The predicted molar refractivity (Wildman–Crippen MR) is 98.9 cm³/mol. The van der Waals surface area contributed by atoms with Crippen molar-refractivity contribution in [1.29, 1.82) is 0 Å². The van der Waals surface area contributed by atoms with Crippen molar-refractivity contribution in [1.82, 2.24) is 4.98 Å². The number of hydrogen-bond donors (Lipinski definition) is 1. The van der Waals surface area contributed by atoms with Gasteiger partial charge in [0.25, 0.3) is 5.91 Å². The minimum Gasteiger partial charge on any atom is -0.322 e. The van der Waals surface area contributed by atoms with Crippen molar-refractivity contribution in [2.75, 3.05) is 5.32 Å². The standard InChI is InChI=1S/C19H15ClN2OS/c1-13-5-2-3-7-17(13)22-18(23)16-6-4-12-21-19(16)24-15-10-8-14(20)9-11-15/h2-12H,1H3,(H,22,23). The molecule has 0 aliphatic heterocycles. The summed E-state index contributed by atoms with van der Waals surface area (Å²) in [6, 6.07) is 18.7. The Kier molecular flexibility index (Phi) is 5.18. The molecule has 3 rings (SSSR count). The molecule has 0 aliphatic rings. The Morgan fingerprint density at radius 3 is 2.54 bits per heavy atom. The second-order valence-electron chi connectivity index (χ2n) is 5.18. The minimum absolute atomic E-state index is 0.172. The first-order valence-corrected chi connectivity index (χ1v) is 8.58. The van der Waals surface area contributed by atoms with E-state index >= 15 is 0 Å². The molecular weight excluding hydrogens is 340 g/mol. The van der Waals surface area contributed by atoms with E-state index in [1.54, 1.807) is 18.3 Å². The molecule has 1 heterocycles. The molecule has 0 saturated carbocycles. The molecule has 3 nitrogen and oxygen atoms in total. The van der Waals surface area contributed by atoms with Gasteiger partial charge >= 0.3 is 0 Å². The fourth-order valence-corrected chi connectivity index (χ4v) is 3.17. The first-order valence-electron chi connectivity index (χ1n) is 7.39. The number of aryl methyl sites for hydroxylation is 1. The monoisotopic (exact) mass is 354 g/mol. The Labute approximate surface area is 150 Å². The summed E-state index contributed by atoms with van der Waals surface area (Å²) in [5.41, 5.74) is 2.36. The molecule has 0 fully saturated rings. The molecule has 0 radical (unpaired) electrons. The average molecular weight is 355 g/mol. The van der Waals surface area contributed by atoms with Crippen LogP contribution in [0.1, 0.15) is 15.9 Å². The van der Waals surface area contributed by atoms with E-state index in [9.17, 15) is 4.79 Å². The molecular formula is C19H15ClN2OS. The molecule has 5 heteroatoms. The summed E-state index contributed by atoms with van der Waals surface area (Å²) in [7, 11) is 0. The smallest absolute Gasteiger partial charge is 0.258 e. The second kappa shape index (κ2) is 7.51. The number of rotatable bonds is 4. The summed E-state index contributed by atoms with van der Waals surface area (Å²) in [5, 5.41) is 4.29. The van der Waals surface area contributed by atoms with Crippen LogP contribution in [0.4, 0.5) is 5.69 Å². The number of pyridine rings is 1. The molecule has 120 valence electrons. The number of nitrogens with one attached hydrogen (secondary N) is 1. The number of benzene rings is 2. The van der Waals surface area contributed by atoms with Crippen LogP contribution in [-0.2, 0) is 0 Å². The summed E-state index contributed by atoms with van der Waals surface area (Å²) < 4.78 is 0. The van der Waals surface area contributed by atoms with E-state index in [2.05, 4.69) is 10.3 Å². The second-order valence-corrected chi connectivity index (χ2v) is 6.68. The summed E-state index contributed by atoms with van der Waals surface area (Å²) in [4.78, 5) is 18.0. The maximum Gasteiger partial charge on any atom is 0.258 e. The van der Waals surface area contributed by atoms with Crippen LogP contribution in [0.15, 0.2) is 76.8 Å². The van der Waals surface area contributed by atoms with Gasteiger partial charge in [-0.2, -0.15) is 0 Å². The first-order chi connectivity index (χ1) is 11.6. The zero-order chi connectivity index (χ0) is 16.9. The molecule has 0 saturated heterocycles. The topological polar surface area (TPSA) is 42.0 Å². The number of carbonyl (C=O) groups excluding carboxylic acids is 1. The molecule has 0 spiro atoms. The zero-order valence-electron chi connectivity index (χ0n) is 13.0. The van der Waals surface area contributed by atoms with E-state index in [0.29, 0.717) is 15.6 Å². The van der Waals surface area contributed by atoms with Gasteiger partial charge in [0.1, 0.15) is 5.03 Å². The van der Waals surface area contributed by atoms with Crippen LogP contribution in [0.5, 0.6) is 0 Å². The Morgan fingerprint density at radius 2 is 1.79 bits per heavy atom. The van der Waals surface area contributed by atoms with Gasteiger partial charge in [-0.25, -0.2) is 4.98 Å². The predicted octanol–water partition coefficient (Wildman–Crippen LogP) is 5.45.